The summed E-state index contributed by atoms with van der Waals surface area (Å²) in [5, 5.41) is 0. The maximum atomic E-state index is 4.48. The van der Waals surface area contributed by atoms with Crippen molar-refractivity contribution in [3.63, 3.8) is 0 Å². The summed E-state index contributed by atoms with van der Waals surface area (Å²) in [4.78, 5) is 0. The Bertz CT molecular complexity index is 581. The molecule has 0 aliphatic heterocycles. The van der Waals surface area contributed by atoms with E-state index in [0.29, 0.717) is 0 Å². The molecule has 1 fully saturated rings. The van der Waals surface area contributed by atoms with E-state index < -0.39 is 16.8 Å². The first-order valence-corrected chi connectivity index (χ1v) is 16.3. The minimum absolute atomic E-state index is 0.258. The summed E-state index contributed by atoms with van der Waals surface area (Å²) in [5.74, 6) is 0. The van der Waals surface area contributed by atoms with Crippen molar-refractivity contribution in [2.24, 2.45) is 0 Å². The van der Waals surface area contributed by atoms with Crippen molar-refractivity contribution in [3.8, 4) is 0 Å². The van der Waals surface area contributed by atoms with Crippen molar-refractivity contribution >= 4 is 13.8 Å². The number of allylic oxidation sites excluding steroid dienone is 4. The van der Waals surface area contributed by atoms with Gasteiger partial charge in [0, 0.05) is 0 Å². The molecule has 2 rings (SSSR count). The number of hydrogen-bond acceptors (Lipinski definition) is 1. The molecule has 1 nitrogen and oxygen atoms in total. The second-order valence-corrected chi connectivity index (χ2v) is 19.0. The van der Waals surface area contributed by atoms with Crippen LogP contribution in [0.5, 0.6) is 0 Å². The first-order chi connectivity index (χ1) is 13.3. The Morgan fingerprint density at radius 1 is 0.964 bits per heavy atom. The molecule has 160 valence electrons. The molecular formula is C25H47NSiTi. The van der Waals surface area contributed by atoms with Crippen molar-refractivity contribution in [2.75, 3.05) is 0 Å². The molecule has 1 N–H and O–H groups in total. The van der Waals surface area contributed by atoms with E-state index in [1.165, 1.54) is 76.2 Å². The molecule has 0 spiro atoms. The molecule has 0 bridgehead atoms. The summed E-state index contributed by atoms with van der Waals surface area (Å²) in [5.41, 5.74) is 4.70. The summed E-state index contributed by atoms with van der Waals surface area (Å²) in [6.45, 7) is 14.7. The van der Waals surface area contributed by atoms with E-state index in [4.69, 9.17) is 0 Å². The second-order valence-electron chi connectivity index (χ2n) is 10.1. The number of hydrogen-bond donors (Lipinski definition) is 1. The van der Waals surface area contributed by atoms with Crippen molar-refractivity contribution in [1.82, 2.24) is 3.80 Å². The molecule has 28 heavy (non-hydrogen) atoms. The van der Waals surface area contributed by atoms with Gasteiger partial charge in [-0.3, -0.25) is 0 Å². The molecule has 0 heterocycles. The van der Waals surface area contributed by atoms with Gasteiger partial charge in [-0.05, 0) is 0 Å². The third-order valence-corrected chi connectivity index (χ3v) is 19.5. The van der Waals surface area contributed by atoms with Gasteiger partial charge in [-0.15, -0.1) is 0 Å². The van der Waals surface area contributed by atoms with Crippen LogP contribution in [0.2, 0.25) is 7.94 Å². The van der Waals surface area contributed by atoms with Gasteiger partial charge in [0.2, 0.25) is 0 Å². The van der Waals surface area contributed by atoms with Crippen molar-refractivity contribution in [2.45, 2.75) is 126 Å². The fourth-order valence-electron chi connectivity index (χ4n) is 5.83. The number of nitrogens with one attached hydrogen (secondary N) is 1. The van der Waals surface area contributed by atoms with Crippen LogP contribution in [-0.2, 0) is 16.8 Å². The van der Waals surface area contributed by atoms with E-state index in [0.717, 1.165) is 10.3 Å². The van der Waals surface area contributed by atoms with Gasteiger partial charge in [0.05, 0.1) is 0 Å². The fourth-order valence-corrected chi connectivity index (χ4v) is 17.9. The van der Waals surface area contributed by atoms with E-state index in [1.807, 2.05) is 0 Å². The average Bonchev–Trinajstić information content (AvgIpc) is 2.85. The van der Waals surface area contributed by atoms with Crippen LogP contribution in [0.25, 0.3) is 0 Å². The Balaban J connectivity index is 2.28. The summed E-state index contributed by atoms with van der Waals surface area (Å²) in [6, 6.07) is 0.724. The monoisotopic (exact) mass is 437 g/mol. The summed E-state index contributed by atoms with van der Waals surface area (Å²) < 4.78 is 8.20. The average molecular weight is 438 g/mol. The van der Waals surface area contributed by atoms with Gasteiger partial charge in [0.1, 0.15) is 0 Å². The van der Waals surface area contributed by atoms with Crippen molar-refractivity contribution in [3.05, 3.63) is 22.8 Å². The third kappa shape index (κ3) is 5.29. The molecular weight excluding hydrogens is 390 g/mol. The van der Waals surface area contributed by atoms with E-state index in [9.17, 15) is 0 Å². The Morgan fingerprint density at radius 2 is 1.43 bits per heavy atom. The maximum absolute atomic E-state index is 4.48. The second kappa shape index (κ2) is 11.0. The predicted octanol–water partition coefficient (Wildman–Crippen LogP) is 7.01. The SMILES string of the molecule is CC1=C[C](C)([Ti]([CH]=[SiH2])([NH]C2CCCCCCCCCCC2)[CH](C)C)C(C)=C1C. The number of rotatable bonds is 5. The van der Waals surface area contributed by atoms with Crippen LogP contribution < -0.4 is 3.80 Å². The topological polar surface area (TPSA) is 12.0 Å². The standard InChI is InChI=1S/C12H24N.C9H13.C3H7.CH3Si.Ti/c13-12-10-8-6-4-2-1-3-5-7-9-11-12;1-6-5-7(2)9(4)8(6)3;1-3-2;1-2;/h12-13H,1-11H2;5H,1-4H3;3H,1-2H3;1H,2H2;/q-1;;;;+1. The molecule has 0 aromatic heterocycles. The predicted molar refractivity (Wildman–Crippen MR) is 128 cm³/mol. The van der Waals surface area contributed by atoms with Crippen LogP contribution in [0.15, 0.2) is 22.8 Å². The van der Waals surface area contributed by atoms with E-state index in [1.54, 1.807) is 11.1 Å². The van der Waals surface area contributed by atoms with E-state index >= 15 is 0 Å². The van der Waals surface area contributed by atoms with Gasteiger partial charge in [0.15, 0.2) is 0 Å². The zero-order valence-corrected chi connectivity index (χ0v) is 22.8. The van der Waals surface area contributed by atoms with Crippen LogP contribution in [-0.4, -0.2) is 19.9 Å². The Labute approximate surface area is 182 Å². The molecule has 0 amide bonds. The van der Waals surface area contributed by atoms with Crippen LogP contribution >= 0.6 is 0 Å². The quantitative estimate of drug-likeness (QED) is 0.456. The normalized spacial score (nSPS) is 28.5. The zero-order chi connectivity index (χ0) is 20.8. The van der Waals surface area contributed by atoms with Gasteiger partial charge in [-0.25, -0.2) is 0 Å². The Hall–Kier alpha value is 0.241. The van der Waals surface area contributed by atoms with Gasteiger partial charge in [0.25, 0.3) is 0 Å². The Morgan fingerprint density at radius 3 is 1.79 bits per heavy atom. The molecule has 0 saturated heterocycles. The molecule has 2 atom stereocenters. The molecule has 0 radical (unpaired) electrons. The minimum atomic E-state index is -2.52. The molecule has 3 heteroatoms. The fraction of sp³-hybridized carbons (Fsp3) is 0.800. The van der Waals surface area contributed by atoms with E-state index in [-0.39, 0.29) is 3.72 Å². The van der Waals surface area contributed by atoms with E-state index in [2.05, 4.69) is 65.2 Å². The van der Waals surface area contributed by atoms with Crippen LogP contribution in [0.4, 0.5) is 0 Å². The van der Waals surface area contributed by atoms with Gasteiger partial charge >= 0.3 is 183 Å². The molecule has 2 aliphatic carbocycles. The first-order valence-electron chi connectivity index (χ1n) is 12.1. The van der Waals surface area contributed by atoms with Crippen molar-refractivity contribution < 1.29 is 16.8 Å². The molecule has 0 aromatic rings. The van der Waals surface area contributed by atoms with Crippen molar-refractivity contribution in [1.29, 1.82) is 0 Å². The van der Waals surface area contributed by atoms with Gasteiger partial charge < -0.3 is 0 Å². The summed E-state index contributed by atoms with van der Waals surface area (Å²) >= 11 is -2.52. The van der Waals surface area contributed by atoms with Gasteiger partial charge in [-0.1, -0.05) is 0 Å². The third-order valence-electron chi connectivity index (χ3n) is 8.08. The molecule has 2 aliphatic rings. The van der Waals surface area contributed by atoms with Gasteiger partial charge in [-0.2, -0.15) is 0 Å². The summed E-state index contributed by atoms with van der Waals surface area (Å²) in [7, 11) is 2.14. The summed E-state index contributed by atoms with van der Waals surface area (Å²) in [6.07, 6.45) is 18.4. The molecule has 1 saturated carbocycles. The van der Waals surface area contributed by atoms with Crippen LogP contribution in [0, 0.1) is 0 Å². The van der Waals surface area contributed by atoms with Crippen LogP contribution in [0.1, 0.15) is 112 Å². The zero-order valence-electron chi connectivity index (χ0n) is 19.8. The molecule has 0 aromatic carbocycles. The first kappa shape index (κ1) is 24.5. The Kier molecular flexibility index (Phi) is 9.65. The van der Waals surface area contributed by atoms with Crippen LogP contribution in [0.3, 0.4) is 0 Å². The molecule has 2 unspecified atom stereocenters.